The summed E-state index contributed by atoms with van der Waals surface area (Å²) < 4.78 is 10.7. The van der Waals surface area contributed by atoms with E-state index < -0.39 is 0 Å². The minimum absolute atomic E-state index is 0.103. The minimum atomic E-state index is -0.172. The Bertz CT molecular complexity index is 701. The van der Waals surface area contributed by atoms with Crippen molar-refractivity contribution in [3.05, 3.63) is 59.2 Å². The zero-order valence-electron chi connectivity index (χ0n) is 11.9. The van der Waals surface area contributed by atoms with Crippen LogP contribution in [-0.2, 0) is 0 Å². The van der Waals surface area contributed by atoms with E-state index in [9.17, 15) is 4.79 Å². The van der Waals surface area contributed by atoms with Crippen LogP contribution in [0.2, 0.25) is 0 Å². The maximum atomic E-state index is 12.2. The highest BCUT2D eigenvalue weighted by Crippen LogP contribution is 2.21. The second kappa shape index (κ2) is 6.58. The minimum Gasteiger partial charge on any atom is -0.496 e. The molecule has 2 aromatic rings. The summed E-state index contributed by atoms with van der Waals surface area (Å²) >= 11 is 0. The third-order valence-electron chi connectivity index (χ3n) is 2.99. The molecule has 0 aliphatic rings. The molecular formula is C17H15NO3. The molecule has 0 aromatic heterocycles. The van der Waals surface area contributed by atoms with E-state index in [-0.39, 0.29) is 12.4 Å². The Morgan fingerprint density at radius 2 is 2.05 bits per heavy atom. The summed E-state index contributed by atoms with van der Waals surface area (Å²) in [7, 11) is 1.53. The first kappa shape index (κ1) is 14.6. The van der Waals surface area contributed by atoms with Crippen molar-refractivity contribution in [3.8, 4) is 17.6 Å². The highest BCUT2D eigenvalue weighted by Gasteiger charge is 2.13. The second-order valence-corrected chi connectivity index (χ2v) is 4.56. The van der Waals surface area contributed by atoms with Crippen LogP contribution in [0.5, 0.6) is 11.5 Å². The monoisotopic (exact) mass is 281 g/mol. The van der Waals surface area contributed by atoms with Gasteiger partial charge in [0.25, 0.3) is 0 Å². The summed E-state index contributed by atoms with van der Waals surface area (Å²) in [6.07, 6.45) is 0. The van der Waals surface area contributed by atoms with E-state index >= 15 is 0 Å². The topological polar surface area (TPSA) is 59.3 Å². The second-order valence-electron chi connectivity index (χ2n) is 4.56. The van der Waals surface area contributed by atoms with E-state index in [1.807, 2.05) is 25.1 Å². The Balaban J connectivity index is 2.10. The summed E-state index contributed by atoms with van der Waals surface area (Å²) in [6.45, 7) is 1.83. The van der Waals surface area contributed by atoms with Crippen LogP contribution in [0.3, 0.4) is 0 Å². The number of ketones is 1. The quantitative estimate of drug-likeness (QED) is 0.790. The molecule has 0 N–H and O–H groups in total. The zero-order valence-corrected chi connectivity index (χ0v) is 11.9. The highest BCUT2D eigenvalue weighted by molar-refractivity contribution is 5.99. The van der Waals surface area contributed by atoms with Crippen molar-refractivity contribution >= 4 is 5.78 Å². The molecule has 0 unspecified atom stereocenters. The maximum Gasteiger partial charge on any atom is 0.203 e. The van der Waals surface area contributed by atoms with Gasteiger partial charge in [-0.1, -0.05) is 12.1 Å². The summed E-state index contributed by atoms with van der Waals surface area (Å²) in [5.41, 5.74) is 2.00. The molecule has 0 fully saturated rings. The van der Waals surface area contributed by atoms with Gasteiger partial charge in [-0.05, 0) is 42.8 Å². The first-order valence-electron chi connectivity index (χ1n) is 6.45. The van der Waals surface area contributed by atoms with Crippen LogP contribution < -0.4 is 9.47 Å². The molecule has 0 aliphatic heterocycles. The molecule has 0 amide bonds. The largest absolute Gasteiger partial charge is 0.496 e. The van der Waals surface area contributed by atoms with Crippen molar-refractivity contribution < 1.29 is 14.3 Å². The molecule has 0 saturated carbocycles. The Kier molecular flexibility index (Phi) is 4.57. The van der Waals surface area contributed by atoms with E-state index in [4.69, 9.17) is 14.7 Å². The lowest BCUT2D eigenvalue weighted by Gasteiger charge is -2.10. The summed E-state index contributed by atoms with van der Waals surface area (Å²) in [5.74, 6) is 0.858. The number of ether oxygens (including phenoxy) is 2. The lowest BCUT2D eigenvalue weighted by Crippen LogP contribution is -2.13. The number of carbonyl (C=O) groups is 1. The van der Waals surface area contributed by atoms with Crippen LogP contribution in [0.1, 0.15) is 21.5 Å². The fraction of sp³-hybridized carbons (Fsp3) is 0.176. The molecule has 0 bridgehead atoms. The fourth-order valence-electron chi connectivity index (χ4n) is 1.91. The number of rotatable bonds is 5. The van der Waals surface area contributed by atoms with Gasteiger partial charge in [0.15, 0.2) is 6.61 Å². The standard InChI is InChI=1S/C17H15NO3/c1-12-6-7-15(17(8-12)20-2)16(19)11-21-14-5-3-4-13(9-14)10-18/h3-9H,11H2,1-2H3. The molecule has 0 saturated heterocycles. The van der Waals surface area contributed by atoms with Crippen LogP contribution in [0.15, 0.2) is 42.5 Å². The van der Waals surface area contributed by atoms with Gasteiger partial charge in [-0.15, -0.1) is 0 Å². The van der Waals surface area contributed by atoms with Crippen molar-refractivity contribution in [1.82, 2.24) is 0 Å². The summed E-state index contributed by atoms with van der Waals surface area (Å²) in [4.78, 5) is 12.2. The van der Waals surface area contributed by atoms with Gasteiger partial charge < -0.3 is 9.47 Å². The van der Waals surface area contributed by atoms with Gasteiger partial charge in [0, 0.05) is 0 Å². The van der Waals surface area contributed by atoms with Gasteiger partial charge in [-0.2, -0.15) is 5.26 Å². The average molecular weight is 281 g/mol. The molecule has 0 spiro atoms. The Labute approximate surface area is 123 Å². The van der Waals surface area contributed by atoms with E-state index in [0.717, 1.165) is 5.56 Å². The number of benzene rings is 2. The first-order chi connectivity index (χ1) is 10.1. The predicted octanol–water partition coefficient (Wildman–Crippen LogP) is 3.14. The Morgan fingerprint density at radius 1 is 1.24 bits per heavy atom. The van der Waals surface area contributed by atoms with Crippen LogP contribution >= 0.6 is 0 Å². The smallest absolute Gasteiger partial charge is 0.203 e. The van der Waals surface area contributed by atoms with Gasteiger partial charge >= 0.3 is 0 Å². The van der Waals surface area contributed by atoms with Crippen molar-refractivity contribution in [2.45, 2.75) is 6.92 Å². The van der Waals surface area contributed by atoms with Crippen molar-refractivity contribution in [2.75, 3.05) is 13.7 Å². The number of hydrogen-bond donors (Lipinski definition) is 0. The molecule has 21 heavy (non-hydrogen) atoms. The number of carbonyl (C=O) groups excluding carboxylic acids is 1. The SMILES string of the molecule is COc1cc(C)ccc1C(=O)COc1cccc(C#N)c1. The molecule has 106 valence electrons. The van der Waals surface area contributed by atoms with Gasteiger partial charge in [-0.3, -0.25) is 4.79 Å². The molecule has 2 rings (SSSR count). The van der Waals surface area contributed by atoms with Crippen LogP contribution in [-0.4, -0.2) is 19.5 Å². The number of hydrogen-bond acceptors (Lipinski definition) is 4. The fourth-order valence-corrected chi connectivity index (χ4v) is 1.91. The third-order valence-corrected chi connectivity index (χ3v) is 2.99. The molecule has 4 heteroatoms. The van der Waals surface area contributed by atoms with Crippen molar-refractivity contribution in [2.24, 2.45) is 0 Å². The molecule has 0 radical (unpaired) electrons. The van der Waals surface area contributed by atoms with Crippen molar-refractivity contribution in [3.63, 3.8) is 0 Å². The molecule has 0 atom stereocenters. The van der Waals surface area contributed by atoms with Gasteiger partial charge in [-0.25, -0.2) is 0 Å². The normalized spacial score (nSPS) is 9.76. The van der Waals surface area contributed by atoms with E-state index in [1.54, 1.807) is 30.3 Å². The average Bonchev–Trinajstić information content (AvgIpc) is 2.52. The lowest BCUT2D eigenvalue weighted by molar-refractivity contribution is 0.0918. The van der Waals surface area contributed by atoms with Gasteiger partial charge in [0.1, 0.15) is 11.5 Å². The molecule has 4 nitrogen and oxygen atoms in total. The van der Waals surface area contributed by atoms with E-state index in [2.05, 4.69) is 0 Å². The zero-order chi connectivity index (χ0) is 15.2. The number of Topliss-reactive ketones (excluding diaryl/α,β-unsaturated/α-hetero) is 1. The summed E-state index contributed by atoms with van der Waals surface area (Å²) in [6, 6.07) is 14.1. The molecule has 0 heterocycles. The molecular weight excluding hydrogens is 266 g/mol. The molecule has 2 aromatic carbocycles. The van der Waals surface area contributed by atoms with Gasteiger partial charge in [0.2, 0.25) is 5.78 Å². The maximum absolute atomic E-state index is 12.2. The Hall–Kier alpha value is -2.80. The highest BCUT2D eigenvalue weighted by atomic mass is 16.5. The predicted molar refractivity (Wildman–Crippen MR) is 78.7 cm³/mol. The van der Waals surface area contributed by atoms with Crippen LogP contribution in [0.4, 0.5) is 0 Å². The van der Waals surface area contributed by atoms with Crippen molar-refractivity contribution in [1.29, 1.82) is 5.26 Å². The number of aryl methyl sites for hydroxylation is 1. The van der Waals surface area contributed by atoms with Crippen LogP contribution in [0.25, 0.3) is 0 Å². The van der Waals surface area contributed by atoms with Gasteiger partial charge in [0.05, 0.1) is 24.3 Å². The third kappa shape index (κ3) is 3.61. The number of nitriles is 1. The van der Waals surface area contributed by atoms with E-state index in [0.29, 0.717) is 22.6 Å². The molecule has 0 aliphatic carbocycles. The number of methoxy groups -OCH3 is 1. The lowest BCUT2D eigenvalue weighted by atomic mass is 10.1. The number of nitrogens with zero attached hydrogens (tertiary/aromatic N) is 1. The Morgan fingerprint density at radius 3 is 2.76 bits per heavy atom. The summed E-state index contributed by atoms with van der Waals surface area (Å²) in [5, 5.41) is 8.82. The van der Waals surface area contributed by atoms with E-state index in [1.165, 1.54) is 7.11 Å². The first-order valence-corrected chi connectivity index (χ1v) is 6.45. The van der Waals surface area contributed by atoms with Crippen LogP contribution in [0, 0.1) is 18.3 Å².